The monoisotopic (exact) mass is 410 g/mol. The molecule has 2 aliphatic rings. The van der Waals surface area contributed by atoms with Gasteiger partial charge in [-0.05, 0) is 76.4 Å². The van der Waals surface area contributed by atoms with Crippen LogP contribution in [-0.4, -0.2) is 23.2 Å². The van der Waals surface area contributed by atoms with E-state index in [0.717, 1.165) is 59.4 Å². The zero-order chi connectivity index (χ0) is 22.3. The predicted molar refractivity (Wildman–Crippen MR) is 123 cm³/mol. The van der Waals surface area contributed by atoms with Crippen LogP contribution in [0.25, 0.3) is 0 Å². The summed E-state index contributed by atoms with van der Waals surface area (Å²) in [5, 5.41) is 8.52. The smallest absolute Gasteiger partial charge is 0.240 e. The highest BCUT2D eigenvalue weighted by molar-refractivity contribution is 6.02. The van der Waals surface area contributed by atoms with E-state index in [0.29, 0.717) is 11.8 Å². The first-order valence-corrected chi connectivity index (χ1v) is 10.5. The molecule has 0 saturated carbocycles. The molecule has 0 saturated heterocycles. The van der Waals surface area contributed by atoms with E-state index in [-0.39, 0.29) is 24.7 Å². The number of nitrogens with zero attached hydrogens (tertiary/aromatic N) is 2. The van der Waals surface area contributed by atoms with E-state index in [9.17, 15) is 9.59 Å². The van der Waals surface area contributed by atoms with Crippen molar-refractivity contribution < 1.29 is 9.59 Å². The minimum Gasteiger partial charge on any atom is -0.273 e. The summed E-state index contributed by atoms with van der Waals surface area (Å²) in [4.78, 5) is 24.2. The average molecular weight is 411 g/mol. The van der Waals surface area contributed by atoms with Crippen LogP contribution >= 0.6 is 0 Å². The lowest BCUT2D eigenvalue weighted by molar-refractivity contribution is -0.126. The Labute approximate surface area is 180 Å². The third kappa shape index (κ3) is 6.94. The summed E-state index contributed by atoms with van der Waals surface area (Å²) in [6.07, 6.45) is 7.83. The topological polar surface area (TPSA) is 82.9 Å². The molecule has 2 amide bonds. The number of amides is 2. The predicted octanol–water partition coefficient (Wildman–Crippen LogP) is 4.58. The number of rotatable bonds is 7. The lowest BCUT2D eigenvalue weighted by Crippen LogP contribution is -2.26. The molecule has 30 heavy (non-hydrogen) atoms. The van der Waals surface area contributed by atoms with Crippen LogP contribution in [0.1, 0.15) is 66.2 Å². The molecule has 0 unspecified atom stereocenters. The third-order valence-corrected chi connectivity index (χ3v) is 5.81. The van der Waals surface area contributed by atoms with E-state index in [1.807, 2.05) is 27.7 Å². The van der Waals surface area contributed by atoms with Gasteiger partial charge in [-0.25, -0.2) is 10.9 Å². The summed E-state index contributed by atoms with van der Waals surface area (Å²) in [5.74, 6) is 0.144. The highest BCUT2D eigenvalue weighted by Crippen LogP contribution is 2.27. The van der Waals surface area contributed by atoms with Gasteiger partial charge < -0.3 is 0 Å². The van der Waals surface area contributed by atoms with Gasteiger partial charge in [0.05, 0.1) is 11.4 Å². The molecule has 0 aromatic rings. The van der Waals surface area contributed by atoms with Crippen LogP contribution < -0.4 is 10.9 Å². The number of hydrazone groups is 2. The average Bonchev–Trinajstić information content (AvgIpc) is 2.70. The molecule has 6 nitrogen and oxygen atoms in total. The van der Waals surface area contributed by atoms with E-state index < -0.39 is 0 Å². The van der Waals surface area contributed by atoms with E-state index in [1.165, 1.54) is 0 Å². The largest absolute Gasteiger partial charge is 0.273 e. The van der Waals surface area contributed by atoms with Crippen molar-refractivity contribution in [2.45, 2.75) is 66.2 Å². The minimum atomic E-state index is -0.286. The van der Waals surface area contributed by atoms with Gasteiger partial charge >= 0.3 is 0 Å². The lowest BCUT2D eigenvalue weighted by Gasteiger charge is -2.22. The number of hydrogen-bond donors (Lipinski definition) is 2. The van der Waals surface area contributed by atoms with Gasteiger partial charge in [0.25, 0.3) is 0 Å². The normalized spacial score (nSPS) is 24.1. The van der Waals surface area contributed by atoms with Crippen molar-refractivity contribution in [2.24, 2.45) is 22.0 Å². The molecule has 6 heteroatoms. The quantitative estimate of drug-likeness (QED) is 0.476. The summed E-state index contributed by atoms with van der Waals surface area (Å²) < 4.78 is 0. The Morgan fingerprint density at radius 1 is 0.867 bits per heavy atom. The Kier molecular flexibility index (Phi) is 8.51. The molecule has 162 valence electrons. The first-order chi connectivity index (χ1) is 14.2. The van der Waals surface area contributed by atoms with Gasteiger partial charge in [0.2, 0.25) is 11.8 Å². The fraction of sp³-hybridized carbons (Fsp3) is 0.500. The Morgan fingerprint density at radius 2 is 1.23 bits per heavy atom. The molecule has 2 N–H and O–H groups in total. The van der Waals surface area contributed by atoms with Gasteiger partial charge in [0, 0.05) is 12.8 Å². The van der Waals surface area contributed by atoms with Gasteiger partial charge in [-0.3, -0.25) is 9.59 Å². The van der Waals surface area contributed by atoms with Crippen molar-refractivity contribution >= 4 is 23.2 Å². The Bertz CT molecular complexity index is 775. The molecule has 0 aliphatic heterocycles. The molecule has 0 spiro atoms. The van der Waals surface area contributed by atoms with Crippen LogP contribution in [0.15, 0.2) is 57.8 Å². The summed E-state index contributed by atoms with van der Waals surface area (Å²) >= 11 is 0. The molecule has 2 atom stereocenters. The van der Waals surface area contributed by atoms with Crippen molar-refractivity contribution in [3.8, 4) is 0 Å². The molecule has 0 fully saturated rings. The van der Waals surface area contributed by atoms with Gasteiger partial charge in [0.15, 0.2) is 0 Å². The van der Waals surface area contributed by atoms with Crippen molar-refractivity contribution in [3.63, 3.8) is 0 Å². The van der Waals surface area contributed by atoms with Crippen LogP contribution in [0.3, 0.4) is 0 Å². The first kappa shape index (κ1) is 23.5. The van der Waals surface area contributed by atoms with Crippen LogP contribution in [0.4, 0.5) is 0 Å². The van der Waals surface area contributed by atoms with Crippen molar-refractivity contribution in [2.75, 3.05) is 0 Å². The zero-order valence-electron chi connectivity index (χ0n) is 18.7. The number of nitrogens with one attached hydrogen (secondary N) is 2. The lowest BCUT2D eigenvalue weighted by atomic mass is 9.85. The van der Waals surface area contributed by atoms with Crippen molar-refractivity contribution in [1.82, 2.24) is 10.9 Å². The van der Waals surface area contributed by atoms with Crippen LogP contribution in [0, 0.1) is 11.8 Å². The van der Waals surface area contributed by atoms with Gasteiger partial charge in [-0.2, -0.15) is 10.2 Å². The fourth-order valence-corrected chi connectivity index (χ4v) is 3.45. The number of carbonyl (C=O) groups excluding carboxylic acids is 2. The van der Waals surface area contributed by atoms with Crippen LogP contribution in [-0.2, 0) is 9.59 Å². The summed E-state index contributed by atoms with van der Waals surface area (Å²) in [7, 11) is 0. The maximum Gasteiger partial charge on any atom is 0.240 e. The van der Waals surface area contributed by atoms with E-state index >= 15 is 0 Å². The number of allylic oxidation sites excluding steroid dienone is 6. The second-order valence-electron chi connectivity index (χ2n) is 8.43. The van der Waals surface area contributed by atoms with E-state index in [1.54, 1.807) is 0 Å². The number of hydrogen-bond acceptors (Lipinski definition) is 4. The van der Waals surface area contributed by atoms with Crippen molar-refractivity contribution in [3.05, 3.63) is 47.6 Å². The highest BCUT2D eigenvalue weighted by atomic mass is 16.2. The molecule has 0 bridgehead atoms. The standard InChI is InChI=1S/C24H34N4O2/c1-15(2)19-9-7-17(5)21(13-19)25-27-23(29)11-12-24(30)28-26-22-14-20(16(3)4)10-8-18(22)6/h7-8,19-20H,1,3,9-14H2,2,4-6H3,(H,27,29)(H,28,30)/b25-21+,26-22+/t19-,20-/m1/s1. The van der Waals surface area contributed by atoms with E-state index in [2.05, 4.69) is 46.4 Å². The molecule has 0 aromatic carbocycles. The van der Waals surface area contributed by atoms with Crippen LogP contribution in [0.5, 0.6) is 0 Å². The molecular formula is C24H34N4O2. The maximum atomic E-state index is 12.1. The van der Waals surface area contributed by atoms with Crippen molar-refractivity contribution in [1.29, 1.82) is 0 Å². The summed E-state index contributed by atoms with van der Waals surface area (Å²) in [6.45, 7) is 16.0. The molecule has 0 aromatic heterocycles. The SMILES string of the molecule is C=C(C)[C@@H]1CC=C(C)/C(=N/NC(=O)CCC(=O)N/N=C2\C[C@H](C(=C)C)CC=C2C)C1. The molecule has 0 radical (unpaired) electrons. The highest BCUT2D eigenvalue weighted by Gasteiger charge is 2.20. The fourth-order valence-electron chi connectivity index (χ4n) is 3.45. The third-order valence-electron chi connectivity index (χ3n) is 5.81. The second kappa shape index (κ2) is 10.9. The Morgan fingerprint density at radius 3 is 1.57 bits per heavy atom. The molecule has 2 aliphatic carbocycles. The number of carbonyl (C=O) groups is 2. The Hall–Kier alpha value is -2.76. The molecule has 0 heterocycles. The summed E-state index contributed by atoms with van der Waals surface area (Å²) in [6, 6.07) is 0. The summed E-state index contributed by atoms with van der Waals surface area (Å²) in [5.41, 5.74) is 11.3. The van der Waals surface area contributed by atoms with Gasteiger partial charge in [-0.1, -0.05) is 36.5 Å². The van der Waals surface area contributed by atoms with Gasteiger partial charge in [-0.15, -0.1) is 0 Å². The zero-order valence-corrected chi connectivity index (χ0v) is 18.7. The molecular weight excluding hydrogens is 376 g/mol. The van der Waals surface area contributed by atoms with Gasteiger partial charge in [0.1, 0.15) is 0 Å². The minimum absolute atomic E-state index is 0.0589. The second-order valence-corrected chi connectivity index (χ2v) is 8.43. The maximum absolute atomic E-state index is 12.1. The van der Waals surface area contributed by atoms with E-state index in [4.69, 9.17) is 0 Å². The Balaban J connectivity index is 1.81. The molecule has 2 rings (SSSR count). The first-order valence-electron chi connectivity index (χ1n) is 10.5. The van der Waals surface area contributed by atoms with Crippen LogP contribution in [0.2, 0.25) is 0 Å².